The SMILES string of the molecule is CC(C)(C)CC(O)CNCC(O)COCC1CCCO1. The van der Waals surface area contributed by atoms with E-state index in [0.29, 0.717) is 26.3 Å². The highest BCUT2D eigenvalue weighted by Crippen LogP contribution is 2.20. The summed E-state index contributed by atoms with van der Waals surface area (Å²) in [6.07, 6.45) is 2.17. The molecule has 3 N–H and O–H groups in total. The summed E-state index contributed by atoms with van der Waals surface area (Å²) in [4.78, 5) is 0. The predicted octanol–water partition coefficient (Wildman–Crippen LogP) is 0.930. The Balaban J connectivity index is 1.97. The molecule has 5 nitrogen and oxygen atoms in total. The Bertz CT molecular complexity index is 249. The van der Waals surface area contributed by atoms with Crippen LogP contribution in [0.3, 0.4) is 0 Å². The highest BCUT2D eigenvalue weighted by Gasteiger charge is 2.17. The maximum atomic E-state index is 9.83. The van der Waals surface area contributed by atoms with Crippen LogP contribution in [0.4, 0.5) is 0 Å². The van der Waals surface area contributed by atoms with Crippen molar-refractivity contribution in [3.8, 4) is 0 Å². The van der Waals surface area contributed by atoms with E-state index in [0.717, 1.165) is 25.9 Å². The summed E-state index contributed by atoms with van der Waals surface area (Å²) < 4.78 is 10.9. The number of rotatable bonds is 9. The number of aliphatic hydroxyl groups excluding tert-OH is 2. The van der Waals surface area contributed by atoms with Gasteiger partial charge in [0.1, 0.15) is 0 Å². The Labute approximate surface area is 122 Å². The van der Waals surface area contributed by atoms with Crippen LogP contribution in [0.5, 0.6) is 0 Å². The first-order valence-electron chi connectivity index (χ1n) is 7.63. The topological polar surface area (TPSA) is 71.0 Å². The lowest BCUT2D eigenvalue weighted by atomic mass is 9.89. The number of nitrogens with one attached hydrogen (secondary N) is 1. The fourth-order valence-electron chi connectivity index (χ4n) is 2.37. The van der Waals surface area contributed by atoms with E-state index in [1.165, 1.54) is 0 Å². The molecule has 0 saturated carbocycles. The summed E-state index contributed by atoms with van der Waals surface area (Å²) in [5.41, 5.74) is 0.115. The molecule has 3 atom stereocenters. The molecule has 0 spiro atoms. The van der Waals surface area contributed by atoms with E-state index >= 15 is 0 Å². The van der Waals surface area contributed by atoms with Gasteiger partial charge in [0.05, 0.1) is 31.5 Å². The van der Waals surface area contributed by atoms with Crippen molar-refractivity contribution < 1.29 is 19.7 Å². The van der Waals surface area contributed by atoms with E-state index in [1.54, 1.807) is 0 Å². The van der Waals surface area contributed by atoms with E-state index in [4.69, 9.17) is 9.47 Å². The summed E-state index contributed by atoms with van der Waals surface area (Å²) in [5, 5.41) is 22.7. The summed E-state index contributed by atoms with van der Waals surface area (Å²) in [6, 6.07) is 0. The largest absolute Gasteiger partial charge is 0.392 e. The molecule has 1 aliphatic rings. The van der Waals surface area contributed by atoms with Crippen LogP contribution in [-0.2, 0) is 9.47 Å². The fourth-order valence-corrected chi connectivity index (χ4v) is 2.37. The first-order chi connectivity index (χ1) is 9.37. The molecule has 20 heavy (non-hydrogen) atoms. The zero-order valence-corrected chi connectivity index (χ0v) is 13.1. The Morgan fingerprint density at radius 1 is 1.25 bits per heavy atom. The number of hydrogen-bond acceptors (Lipinski definition) is 5. The van der Waals surface area contributed by atoms with Gasteiger partial charge >= 0.3 is 0 Å². The monoisotopic (exact) mass is 289 g/mol. The van der Waals surface area contributed by atoms with Crippen LogP contribution in [0.1, 0.15) is 40.0 Å². The summed E-state index contributed by atoms with van der Waals surface area (Å²) in [6.45, 7) is 8.93. The van der Waals surface area contributed by atoms with Crippen LogP contribution in [0.15, 0.2) is 0 Å². The Kier molecular flexibility index (Phi) is 7.99. The van der Waals surface area contributed by atoms with Crippen LogP contribution in [0.2, 0.25) is 0 Å². The van der Waals surface area contributed by atoms with Crippen molar-refractivity contribution in [2.45, 2.75) is 58.3 Å². The molecule has 0 amide bonds. The van der Waals surface area contributed by atoms with E-state index in [1.807, 2.05) is 0 Å². The molecule has 0 aromatic heterocycles. The molecule has 120 valence electrons. The smallest absolute Gasteiger partial charge is 0.0897 e. The lowest BCUT2D eigenvalue weighted by Crippen LogP contribution is -2.36. The van der Waals surface area contributed by atoms with E-state index in [-0.39, 0.29) is 17.6 Å². The average Bonchev–Trinajstić information content (AvgIpc) is 2.79. The highest BCUT2D eigenvalue weighted by atomic mass is 16.5. The molecule has 0 aliphatic carbocycles. The minimum atomic E-state index is -0.543. The molecule has 5 heteroatoms. The Morgan fingerprint density at radius 3 is 2.55 bits per heavy atom. The molecule has 1 fully saturated rings. The second kappa shape index (κ2) is 8.95. The van der Waals surface area contributed by atoms with Gasteiger partial charge in [0.2, 0.25) is 0 Å². The lowest BCUT2D eigenvalue weighted by Gasteiger charge is -2.23. The van der Waals surface area contributed by atoms with Gasteiger partial charge in [0.25, 0.3) is 0 Å². The molecular weight excluding hydrogens is 258 g/mol. The second-order valence-electron chi connectivity index (χ2n) is 6.90. The van der Waals surface area contributed by atoms with Crippen LogP contribution in [0.25, 0.3) is 0 Å². The van der Waals surface area contributed by atoms with E-state index in [2.05, 4.69) is 26.1 Å². The molecular formula is C15H31NO4. The number of aliphatic hydroxyl groups is 2. The van der Waals surface area contributed by atoms with Crippen LogP contribution in [-0.4, -0.2) is 61.4 Å². The van der Waals surface area contributed by atoms with Crippen molar-refractivity contribution in [3.05, 3.63) is 0 Å². The van der Waals surface area contributed by atoms with Gasteiger partial charge in [0, 0.05) is 19.7 Å². The zero-order chi connectivity index (χ0) is 15.0. The minimum absolute atomic E-state index is 0.115. The maximum Gasteiger partial charge on any atom is 0.0897 e. The van der Waals surface area contributed by atoms with E-state index < -0.39 is 6.10 Å². The van der Waals surface area contributed by atoms with Crippen molar-refractivity contribution >= 4 is 0 Å². The normalized spacial score (nSPS) is 22.9. The molecule has 0 aromatic rings. The van der Waals surface area contributed by atoms with Crippen LogP contribution < -0.4 is 5.32 Å². The molecule has 1 rings (SSSR count). The second-order valence-corrected chi connectivity index (χ2v) is 6.90. The first kappa shape index (κ1) is 17.9. The third kappa shape index (κ3) is 8.87. The van der Waals surface area contributed by atoms with Gasteiger partial charge in [0.15, 0.2) is 0 Å². The fraction of sp³-hybridized carbons (Fsp3) is 1.00. The first-order valence-corrected chi connectivity index (χ1v) is 7.63. The summed E-state index contributed by atoms with van der Waals surface area (Å²) >= 11 is 0. The van der Waals surface area contributed by atoms with Crippen molar-refractivity contribution in [1.82, 2.24) is 5.32 Å². The molecule has 0 radical (unpaired) electrons. The zero-order valence-electron chi connectivity index (χ0n) is 13.1. The van der Waals surface area contributed by atoms with Gasteiger partial charge in [-0.2, -0.15) is 0 Å². The van der Waals surface area contributed by atoms with Crippen molar-refractivity contribution in [2.24, 2.45) is 5.41 Å². The maximum absolute atomic E-state index is 9.83. The molecule has 1 aliphatic heterocycles. The van der Waals surface area contributed by atoms with Gasteiger partial charge in [-0.15, -0.1) is 0 Å². The molecule has 1 saturated heterocycles. The number of hydrogen-bond donors (Lipinski definition) is 3. The summed E-state index contributed by atoms with van der Waals surface area (Å²) in [7, 11) is 0. The molecule has 3 unspecified atom stereocenters. The van der Waals surface area contributed by atoms with Crippen molar-refractivity contribution in [2.75, 3.05) is 32.9 Å². The lowest BCUT2D eigenvalue weighted by molar-refractivity contribution is -0.0170. The molecule has 0 bridgehead atoms. The van der Waals surface area contributed by atoms with Gasteiger partial charge in [-0.3, -0.25) is 0 Å². The predicted molar refractivity (Wildman–Crippen MR) is 78.7 cm³/mol. The van der Waals surface area contributed by atoms with Gasteiger partial charge in [-0.05, 0) is 24.7 Å². The van der Waals surface area contributed by atoms with Gasteiger partial charge < -0.3 is 25.0 Å². The van der Waals surface area contributed by atoms with Crippen molar-refractivity contribution in [3.63, 3.8) is 0 Å². The van der Waals surface area contributed by atoms with Crippen LogP contribution >= 0.6 is 0 Å². The Morgan fingerprint density at radius 2 is 1.95 bits per heavy atom. The third-order valence-electron chi connectivity index (χ3n) is 3.25. The molecule has 1 heterocycles. The number of ether oxygens (including phenoxy) is 2. The standard InChI is InChI=1S/C15H31NO4/c1-15(2,3)7-12(17)8-16-9-13(18)10-19-11-14-5-4-6-20-14/h12-14,16-18H,4-11H2,1-3H3. The van der Waals surface area contributed by atoms with Gasteiger partial charge in [-0.25, -0.2) is 0 Å². The Hall–Kier alpha value is -0.200. The quantitative estimate of drug-likeness (QED) is 0.589. The summed E-state index contributed by atoms with van der Waals surface area (Å²) in [5.74, 6) is 0. The molecule has 0 aromatic carbocycles. The average molecular weight is 289 g/mol. The van der Waals surface area contributed by atoms with Crippen LogP contribution in [0, 0.1) is 5.41 Å². The van der Waals surface area contributed by atoms with E-state index in [9.17, 15) is 10.2 Å². The highest BCUT2D eigenvalue weighted by molar-refractivity contribution is 4.71. The third-order valence-corrected chi connectivity index (χ3v) is 3.25. The van der Waals surface area contributed by atoms with Crippen molar-refractivity contribution in [1.29, 1.82) is 0 Å². The minimum Gasteiger partial charge on any atom is -0.392 e. The van der Waals surface area contributed by atoms with Gasteiger partial charge in [-0.1, -0.05) is 20.8 Å².